The van der Waals surface area contributed by atoms with Crippen LogP contribution >= 0.6 is 11.3 Å². The van der Waals surface area contributed by atoms with Crippen LogP contribution in [0.15, 0.2) is 15.7 Å². The van der Waals surface area contributed by atoms with Crippen molar-refractivity contribution in [2.24, 2.45) is 0 Å². The van der Waals surface area contributed by atoms with E-state index in [1.807, 2.05) is 19.4 Å². The Hall–Kier alpha value is -0.470. The quantitative estimate of drug-likeness (QED) is 0.828. The highest BCUT2D eigenvalue weighted by Crippen LogP contribution is 2.21. The van der Waals surface area contributed by atoms with Gasteiger partial charge in [0.2, 0.25) is 10.0 Å². The zero-order valence-electron chi connectivity index (χ0n) is 12.1. The molecule has 5 nitrogen and oxygen atoms in total. The molecule has 2 rings (SSSR count). The Labute approximate surface area is 125 Å². The fraction of sp³-hybridized carbons (Fsp3) is 0.692. The van der Waals surface area contributed by atoms with Crippen molar-refractivity contribution in [1.82, 2.24) is 14.9 Å². The first-order valence-corrected chi connectivity index (χ1v) is 9.36. The highest BCUT2D eigenvalue weighted by molar-refractivity contribution is 7.91. The molecule has 0 radical (unpaired) electrons. The van der Waals surface area contributed by atoms with E-state index in [1.165, 1.54) is 11.3 Å². The highest BCUT2D eigenvalue weighted by atomic mass is 32.2. The maximum Gasteiger partial charge on any atom is 0.250 e. The third-order valence-corrected chi connectivity index (χ3v) is 6.43. The highest BCUT2D eigenvalue weighted by Gasteiger charge is 2.24. The third kappa shape index (κ3) is 4.26. The standard InChI is InChI=1S/C13H23N3O2S2/c1-3-14-8-11-7-13(19-10-11)20(17,18)15-12-5-4-6-16(2)9-12/h7,10,12,14-15H,3-6,8-9H2,1-2H3. The second-order valence-electron chi connectivity index (χ2n) is 5.28. The lowest BCUT2D eigenvalue weighted by molar-refractivity contribution is 0.242. The fourth-order valence-corrected chi connectivity index (χ4v) is 4.88. The van der Waals surface area contributed by atoms with Gasteiger partial charge in [0.15, 0.2) is 0 Å². The molecular formula is C13H23N3O2S2. The maximum absolute atomic E-state index is 12.4. The molecule has 1 aliphatic rings. The van der Waals surface area contributed by atoms with Gasteiger partial charge in [0.25, 0.3) is 0 Å². The molecule has 0 aliphatic carbocycles. The minimum Gasteiger partial charge on any atom is -0.313 e. The Kier molecular flexibility index (Phi) is 5.57. The predicted molar refractivity (Wildman–Crippen MR) is 82.5 cm³/mol. The number of hydrogen-bond donors (Lipinski definition) is 2. The molecular weight excluding hydrogens is 294 g/mol. The van der Waals surface area contributed by atoms with Crippen LogP contribution in [-0.2, 0) is 16.6 Å². The van der Waals surface area contributed by atoms with Crippen LogP contribution < -0.4 is 10.0 Å². The zero-order valence-corrected chi connectivity index (χ0v) is 13.7. The number of rotatable bonds is 6. The first kappa shape index (κ1) is 15.9. The monoisotopic (exact) mass is 317 g/mol. The van der Waals surface area contributed by atoms with Crippen LogP contribution in [0.5, 0.6) is 0 Å². The molecule has 1 fully saturated rings. The van der Waals surface area contributed by atoms with Crippen molar-refractivity contribution in [3.63, 3.8) is 0 Å². The molecule has 1 atom stereocenters. The number of nitrogens with one attached hydrogen (secondary N) is 2. The lowest BCUT2D eigenvalue weighted by Gasteiger charge is -2.29. The number of sulfonamides is 1. The largest absolute Gasteiger partial charge is 0.313 e. The van der Waals surface area contributed by atoms with Gasteiger partial charge in [-0.3, -0.25) is 0 Å². The lowest BCUT2D eigenvalue weighted by Crippen LogP contribution is -2.46. The minimum atomic E-state index is -3.37. The number of piperidine rings is 1. The van der Waals surface area contributed by atoms with Crippen molar-refractivity contribution < 1.29 is 8.42 Å². The average molecular weight is 317 g/mol. The summed E-state index contributed by atoms with van der Waals surface area (Å²) in [6, 6.07) is 1.79. The number of likely N-dealkylation sites (tertiary alicyclic amines) is 1. The number of likely N-dealkylation sites (N-methyl/N-ethyl adjacent to an activating group) is 1. The molecule has 114 valence electrons. The second-order valence-corrected chi connectivity index (χ2v) is 8.13. The van der Waals surface area contributed by atoms with Gasteiger partial charge < -0.3 is 10.2 Å². The molecule has 1 unspecified atom stereocenters. The van der Waals surface area contributed by atoms with E-state index in [-0.39, 0.29) is 6.04 Å². The number of nitrogens with zero attached hydrogens (tertiary/aromatic N) is 1. The smallest absolute Gasteiger partial charge is 0.250 e. The van der Waals surface area contributed by atoms with E-state index in [2.05, 4.69) is 14.9 Å². The van der Waals surface area contributed by atoms with Crippen LogP contribution in [0.1, 0.15) is 25.3 Å². The lowest BCUT2D eigenvalue weighted by atomic mass is 10.1. The van der Waals surface area contributed by atoms with E-state index >= 15 is 0 Å². The molecule has 7 heteroatoms. The van der Waals surface area contributed by atoms with E-state index < -0.39 is 10.0 Å². The molecule has 1 aliphatic heterocycles. The third-order valence-electron chi connectivity index (χ3n) is 3.42. The van der Waals surface area contributed by atoms with Crippen LogP contribution in [0.3, 0.4) is 0 Å². The van der Waals surface area contributed by atoms with Crippen LogP contribution in [0.25, 0.3) is 0 Å². The summed E-state index contributed by atoms with van der Waals surface area (Å²) in [5, 5.41) is 5.11. The summed E-state index contributed by atoms with van der Waals surface area (Å²) < 4.78 is 28.0. The van der Waals surface area contributed by atoms with Crippen molar-refractivity contribution in [1.29, 1.82) is 0 Å². The van der Waals surface area contributed by atoms with E-state index in [0.29, 0.717) is 10.8 Å². The Balaban J connectivity index is 2.00. The van der Waals surface area contributed by atoms with Gasteiger partial charge in [-0.2, -0.15) is 0 Å². The Morgan fingerprint density at radius 3 is 3.00 bits per heavy atom. The van der Waals surface area contributed by atoms with Crippen LogP contribution in [0.4, 0.5) is 0 Å². The van der Waals surface area contributed by atoms with Crippen molar-refractivity contribution in [2.75, 3.05) is 26.7 Å². The van der Waals surface area contributed by atoms with E-state index in [1.54, 1.807) is 6.07 Å². The number of hydrogen-bond acceptors (Lipinski definition) is 5. The summed E-state index contributed by atoms with van der Waals surface area (Å²) in [7, 11) is -1.35. The molecule has 1 saturated heterocycles. The van der Waals surface area contributed by atoms with Gasteiger partial charge in [-0.1, -0.05) is 6.92 Å². The summed E-state index contributed by atoms with van der Waals surface area (Å²) in [4.78, 5) is 2.17. The second kappa shape index (κ2) is 7.00. The van der Waals surface area contributed by atoms with Gasteiger partial charge >= 0.3 is 0 Å². The maximum atomic E-state index is 12.4. The fourth-order valence-electron chi connectivity index (χ4n) is 2.40. The molecule has 1 aromatic heterocycles. The van der Waals surface area contributed by atoms with Crippen LogP contribution in [0, 0.1) is 0 Å². The van der Waals surface area contributed by atoms with Gasteiger partial charge in [-0.25, -0.2) is 13.1 Å². The summed E-state index contributed by atoms with van der Waals surface area (Å²) in [6.07, 6.45) is 1.96. The minimum absolute atomic E-state index is 0.0260. The normalized spacial score (nSPS) is 21.2. The molecule has 0 amide bonds. The van der Waals surface area contributed by atoms with Gasteiger partial charge in [0, 0.05) is 19.1 Å². The summed E-state index contributed by atoms with van der Waals surface area (Å²) in [6.45, 7) is 5.46. The van der Waals surface area contributed by atoms with Crippen molar-refractivity contribution in [2.45, 2.75) is 36.6 Å². The molecule has 0 spiro atoms. The van der Waals surface area contributed by atoms with Gasteiger partial charge in [0.1, 0.15) is 4.21 Å². The summed E-state index contributed by atoms with van der Waals surface area (Å²) >= 11 is 1.29. The van der Waals surface area contributed by atoms with Crippen LogP contribution in [-0.4, -0.2) is 46.0 Å². The van der Waals surface area contributed by atoms with Crippen molar-refractivity contribution in [3.05, 3.63) is 17.0 Å². The van der Waals surface area contributed by atoms with Crippen LogP contribution in [0.2, 0.25) is 0 Å². The Bertz CT molecular complexity index is 527. The van der Waals surface area contributed by atoms with E-state index in [9.17, 15) is 8.42 Å². The SMILES string of the molecule is CCNCc1csc(S(=O)(=O)NC2CCCN(C)C2)c1. The van der Waals surface area contributed by atoms with Crippen molar-refractivity contribution >= 4 is 21.4 Å². The summed E-state index contributed by atoms with van der Waals surface area (Å²) in [5.41, 5.74) is 1.03. The average Bonchev–Trinajstić information content (AvgIpc) is 2.85. The molecule has 1 aromatic rings. The zero-order chi connectivity index (χ0) is 14.6. The first-order valence-electron chi connectivity index (χ1n) is 7.00. The molecule has 2 heterocycles. The van der Waals surface area contributed by atoms with Gasteiger partial charge in [-0.05, 0) is 50.0 Å². The number of thiophene rings is 1. The first-order chi connectivity index (χ1) is 9.51. The molecule has 0 bridgehead atoms. The van der Waals surface area contributed by atoms with Gasteiger partial charge in [-0.15, -0.1) is 11.3 Å². The Morgan fingerprint density at radius 2 is 2.30 bits per heavy atom. The predicted octanol–water partition coefficient (Wildman–Crippen LogP) is 1.23. The summed E-state index contributed by atoms with van der Waals surface area (Å²) in [5.74, 6) is 0. The Morgan fingerprint density at radius 1 is 1.50 bits per heavy atom. The van der Waals surface area contributed by atoms with E-state index in [4.69, 9.17) is 0 Å². The topological polar surface area (TPSA) is 61.4 Å². The van der Waals surface area contributed by atoms with Crippen molar-refractivity contribution in [3.8, 4) is 0 Å². The van der Waals surface area contributed by atoms with E-state index in [0.717, 1.165) is 38.0 Å². The molecule has 2 N–H and O–H groups in total. The molecule has 0 saturated carbocycles. The molecule has 20 heavy (non-hydrogen) atoms. The molecule has 0 aromatic carbocycles. The van der Waals surface area contributed by atoms with Gasteiger partial charge in [0.05, 0.1) is 0 Å².